The van der Waals surface area contributed by atoms with Crippen LogP contribution in [0.25, 0.3) is 0 Å². The van der Waals surface area contributed by atoms with E-state index in [2.05, 4.69) is 72.1 Å². The first-order chi connectivity index (χ1) is 13.1. The highest BCUT2D eigenvalue weighted by Gasteiger charge is 2.26. The summed E-state index contributed by atoms with van der Waals surface area (Å²) in [6.45, 7) is 3.74. The Morgan fingerprint density at radius 2 is 1.85 bits per heavy atom. The highest BCUT2D eigenvalue weighted by atomic mass is 79.9. The Balaban J connectivity index is 1.40. The molecule has 4 rings (SSSR count). The molecule has 1 amide bonds. The first-order valence-corrected chi connectivity index (χ1v) is 10.3. The van der Waals surface area contributed by atoms with E-state index in [4.69, 9.17) is 0 Å². The number of anilines is 3. The van der Waals surface area contributed by atoms with Gasteiger partial charge in [-0.2, -0.15) is 0 Å². The van der Waals surface area contributed by atoms with Gasteiger partial charge in [-0.1, -0.05) is 45.4 Å². The number of thioether (sulfide) groups is 1. The lowest BCUT2D eigenvalue weighted by atomic mass is 10.2. The zero-order valence-corrected chi connectivity index (χ0v) is 17.1. The zero-order valence-electron chi connectivity index (χ0n) is 14.7. The molecule has 0 atom stereocenters. The van der Waals surface area contributed by atoms with Crippen molar-refractivity contribution in [2.24, 2.45) is 0 Å². The highest BCUT2D eigenvalue weighted by Crippen LogP contribution is 2.32. The van der Waals surface area contributed by atoms with Gasteiger partial charge in [-0.3, -0.25) is 9.36 Å². The Bertz CT molecular complexity index is 955. The number of hydrogen-bond donors (Lipinski definition) is 1. The molecule has 6 nitrogen and oxygen atoms in total. The molecule has 0 unspecified atom stereocenters. The Kier molecular flexibility index (Phi) is 5.18. The molecule has 0 saturated carbocycles. The topological polar surface area (TPSA) is 63.1 Å². The standard InChI is InChI=1S/C19H18BrN5OS/c1-13-2-8-16(9-3-13)24-10-11-25-18(24)22-23-19(25)27-12-17(26)21-15-6-4-14(20)5-7-15/h2-9H,10-12H2,1H3,(H,21,26). The van der Waals surface area contributed by atoms with Crippen molar-refractivity contribution in [2.75, 3.05) is 22.5 Å². The minimum atomic E-state index is -0.0620. The van der Waals surface area contributed by atoms with Crippen LogP contribution in [-0.4, -0.2) is 33.0 Å². The molecule has 0 aliphatic carbocycles. The van der Waals surface area contributed by atoms with Crippen molar-refractivity contribution in [3.63, 3.8) is 0 Å². The van der Waals surface area contributed by atoms with E-state index in [1.165, 1.54) is 17.3 Å². The number of carbonyl (C=O) groups is 1. The van der Waals surface area contributed by atoms with Crippen LogP contribution >= 0.6 is 27.7 Å². The predicted octanol–water partition coefficient (Wildman–Crippen LogP) is 4.23. The summed E-state index contributed by atoms with van der Waals surface area (Å²) >= 11 is 4.79. The average molecular weight is 444 g/mol. The minimum absolute atomic E-state index is 0.0620. The first-order valence-electron chi connectivity index (χ1n) is 8.56. The number of carbonyl (C=O) groups excluding carboxylic acids is 1. The lowest BCUT2D eigenvalue weighted by Gasteiger charge is -2.15. The minimum Gasteiger partial charge on any atom is -0.325 e. The third kappa shape index (κ3) is 4.01. The second-order valence-corrected chi connectivity index (χ2v) is 8.12. The van der Waals surface area contributed by atoms with Crippen LogP contribution in [0.5, 0.6) is 0 Å². The monoisotopic (exact) mass is 443 g/mol. The number of halogens is 1. The van der Waals surface area contributed by atoms with E-state index in [9.17, 15) is 4.79 Å². The maximum Gasteiger partial charge on any atom is 0.234 e. The number of aryl methyl sites for hydroxylation is 1. The highest BCUT2D eigenvalue weighted by molar-refractivity contribution is 9.10. The van der Waals surface area contributed by atoms with Crippen LogP contribution in [0, 0.1) is 6.92 Å². The van der Waals surface area contributed by atoms with Gasteiger partial charge in [0.15, 0.2) is 5.16 Å². The van der Waals surface area contributed by atoms with Crippen molar-refractivity contribution in [1.29, 1.82) is 0 Å². The Labute approximate surface area is 170 Å². The molecule has 1 aromatic heterocycles. The molecule has 3 aromatic rings. The summed E-state index contributed by atoms with van der Waals surface area (Å²) < 4.78 is 3.05. The van der Waals surface area contributed by atoms with Crippen LogP contribution in [0.4, 0.5) is 17.3 Å². The molecule has 0 spiro atoms. The van der Waals surface area contributed by atoms with Gasteiger partial charge in [0.1, 0.15) is 0 Å². The van der Waals surface area contributed by atoms with Crippen molar-refractivity contribution >= 4 is 50.9 Å². The molecular formula is C19H18BrN5OS. The van der Waals surface area contributed by atoms with Crippen molar-refractivity contribution < 1.29 is 4.79 Å². The summed E-state index contributed by atoms with van der Waals surface area (Å²) in [4.78, 5) is 14.4. The van der Waals surface area contributed by atoms with Gasteiger partial charge in [0.05, 0.1) is 5.75 Å². The maximum atomic E-state index is 12.2. The SMILES string of the molecule is Cc1ccc(N2CCn3c(SCC(=O)Nc4ccc(Br)cc4)nnc32)cc1. The summed E-state index contributed by atoms with van der Waals surface area (Å²) in [5, 5.41) is 12.3. The molecule has 27 heavy (non-hydrogen) atoms. The molecule has 0 fully saturated rings. The Morgan fingerprint density at radius 1 is 1.11 bits per heavy atom. The molecule has 0 radical (unpaired) electrons. The van der Waals surface area contributed by atoms with Gasteiger partial charge in [0, 0.05) is 28.9 Å². The van der Waals surface area contributed by atoms with Crippen LogP contribution in [0.15, 0.2) is 58.2 Å². The van der Waals surface area contributed by atoms with E-state index in [-0.39, 0.29) is 5.91 Å². The molecular weight excluding hydrogens is 426 g/mol. The van der Waals surface area contributed by atoms with Crippen molar-refractivity contribution in [3.05, 3.63) is 58.6 Å². The van der Waals surface area contributed by atoms with E-state index in [1.54, 1.807) is 0 Å². The number of aromatic nitrogens is 3. The first kappa shape index (κ1) is 18.1. The van der Waals surface area contributed by atoms with Crippen molar-refractivity contribution in [1.82, 2.24) is 14.8 Å². The van der Waals surface area contributed by atoms with Gasteiger partial charge in [-0.25, -0.2) is 0 Å². The molecule has 138 valence electrons. The summed E-state index contributed by atoms with van der Waals surface area (Å²) in [7, 11) is 0. The van der Waals surface area contributed by atoms with E-state index in [1.807, 2.05) is 24.3 Å². The summed E-state index contributed by atoms with van der Waals surface area (Å²) in [5.41, 5.74) is 3.12. The second kappa shape index (κ2) is 7.74. The molecule has 0 saturated heterocycles. The van der Waals surface area contributed by atoms with Crippen molar-refractivity contribution in [3.8, 4) is 0 Å². The van der Waals surface area contributed by atoms with Gasteiger partial charge in [0.25, 0.3) is 0 Å². The van der Waals surface area contributed by atoms with Gasteiger partial charge in [0.2, 0.25) is 11.9 Å². The van der Waals surface area contributed by atoms with E-state index < -0.39 is 0 Å². The number of hydrogen-bond acceptors (Lipinski definition) is 5. The molecule has 1 aliphatic heterocycles. The number of amides is 1. The number of rotatable bonds is 5. The number of nitrogens with zero attached hydrogens (tertiary/aromatic N) is 4. The molecule has 1 N–H and O–H groups in total. The van der Waals surface area contributed by atoms with Crippen molar-refractivity contribution in [2.45, 2.75) is 18.6 Å². The van der Waals surface area contributed by atoms with E-state index >= 15 is 0 Å². The lowest BCUT2D eigenvalue weighted by molar-refractivity contribution is -0.113. The summed E-state index contributed by atoms with van der Waals surface area (Å²) in [6.07, 6.45) is 0. The predicted molar refractivity (Wildman–Crippen MR) is 112 cm³/mol. The van der Waals surface area contributed by atoms with Gasteiger partial charge >= 0.3 is 0 Å². The fourth-order valence-corrected chi connectivity index (χ4v) is 3.94. The fraction of sp³-hybridized carbons (Fsp3) is 0.211. The molecule has 2 heterocycles. The van der Waals surface area contributed by atoms with Gasteiger partial charge < -0.3 is 10.2 Å². The van der Waals surface area contributed by atoms with Crippen LogP contribution in [0.3, 0.4) is 0 Å². The lowest BCUT2D eigenvalue weighted by Crippen LogP contribution is -2.14. The zero-order chi connectivity index (χ0) is 18.8. The third-order valence-electron chi connectivity index (χ3n) is 4.29. The van der Waals surface area contributed by atoms with E-state index in [0.717, 1.165) is 40.0 Å². The molecule has 8 heteroatoms. The normalized spacial score (nSPS) is 12.9. The van der Waals surface area contributed by atoms with E-state index in [0.29, 0.717) is 5.75 Å². The number of benzene rings is 2. The molecule has 2 aromatic carbocycles. The summed E-state index contributed by atoms with van der Waals surface area (Å²) in [6, 6.07) is 15.9. The molecule has 0 bridgehead atoms. The van der Waals surface area contributed by atoms with Gasteiger partial charge in [-0.05, 0) is 43.3 Å². The smallest absolute Gasteiger partial charge is 0.234 e. The fourth-order valence-electron chi connectivity index (χ4n) is 2.91. The number of fused-ring (bicyclic) bond motifs is 1. The Morgan fingerprint density at radius 3 is 2.59 bits per heavy atom. The summed E-state index contributed by atoms with van der Waals surface area (Å²) in [5.74, 6) is 1.06. The Hall–Kier alpha value is -2.32. The average Bonchev–Trinajstić information content (AvgIpc) is 3.25. The van der Waals surface area contributed by atoms with Gasteiger partial charge in [-0.15, -0.1) is 10.2 Å². The van der Waals surface area contributed by atoms with Crippen LogP contribution in [0.2, 0.25) is 0 Å². The molecule has 1 aliphatic rings. The third-order valence-corrected chi connectivity index (χ3v) is 5.79. The second-order valence-electron chi connectivity index (χ2n) is 6.27. The van der Waals surface area contributed by atoms with Crippen LogP contribution < -0.4 is 10.2 Å². The number of nitrogens with one attached hydrogen (secondary N) is 1. The maximum absolute atomic E-state index is 12.2. The quantitative estimate of drug-likeness (QED) is 0.597. The largest absolute Gasteiger partial charge is 0.325 e. The van der Waals surface area contributed by atoms with Crippen LogP contribution in [0.1, 0.15) is 5.56 Å². The van der Waals surface area contributed by atoms with Crippen LogP contribution in [-0.2, 0) is 11.3 Å².